The van der Waals surface area contributed by atoms with Crippen LogP contribution in [0.5, 0.6) is 5.75 Å². The van der Waals surface area contributed by atoms with Gasteiger partial charge in [-0.3, -0.25) is 4.79 Å². The Balaban J connectivity index is 1.87. The number of carbonyl (C=O) groups is 1. The maximum Gasteiger partial charge on any atom is 0.166 e. The van der Waals surface area contributed by atoms with E-state index in [1.807, 2.05) is 18.2 Å². The molecule has 3 heteroatoms. The first-order valence-electron chi connectivity index (χ1n) is 6.14. The van der Waals surface area contributed by atoms with Crippen LogP contribution >= 0.6 is 0 Å². The molecule has 0 aliphatic carbocycles. The molecule has 0 amide bonds. The quantitative estimate of drug-likeness (QED) is 0.763. The Kier molecular flexibility index (Phi) is 4.29. The fraction of sp³-hybridized carbons (Fsp3) is 0.188. The number of ether oxygens (including phenoxy) is 1. The molecule has 0 unspecified atom stereocenters. The third-order valence-corrected chi connectivity index (χ3v) is 2.82. The molecule has 0 heterocycles. The Bertz CT molecular complexity index is 564. The van der Waals surface area contributed by atoms with Crippen molar-refractivity contribution in [1.29, 1.82) is 0 Å². The molecule has 0 bridgehead atoms. The van der Waals surface area contributed by atoms with Crippen molar-refractivity contribution in [3.8, 4) is 5.75 Å². The molecule has 0 spiro atoms. The molecule has 0 aliphatic heterocycles. The number of benzene rings is 2. The van der Waals surface area contributed by atoms with Crippen molar-refractivity contribution in [2.75, 3.05) is 6.61 Å². The summed E-state index contributed by atoms with van der Waals surface area (Å²) < 4.78 is 18.5. The van der Waals surface area contributed by atoms with E-state index in [-0.39, 0.29) is 11.6 Å². The molecule has 98 valence electrons. The normalized spacial score (nSPS) is 10.2. The Hall–Kier alpha value is -2.16. The Morgan fingerprint density at radius 3 is 2.58 bits per heavy atom. The van der Waals surface area contributed by atoms with Crippen molar-refractivity contribution < 1.29 is 13.9 Å². The largest absolute Gasteiger partial charge is 0.493 e. The molecule has 2 rings (SSSR count). The summed E-state index contributed by atoms with van der Waals surface area (Å²) in [7, 11) is 0. The number of hydrogen-bond donors (Lipinski definition) is 0. The van der Waals surface area contributed by atoms with Crippen LogP contribution in [0.2, 0.25) is 0 Å². The van der Waals surface area contributed by atoms with E-state index in [1.54, 1.807) is 31.2 Å². The summed E-state index contributed by atoms with van der Waals surface area (Å²) in [5, 5.41) is 0. The molecule has 0 aromatic heterocycles. The predicted octanol–water partition coefficient (Wildman–Crippen LogP) is 3.79. The van der Waals surface area contributed by atoms with Gasteiger partial charge in [-0.25, -0.2) is 4.39 Å². The molecule has 2 aromatic carbocycles. The number of halogens is 1. The molecule has 0 atom stereocenters. The van der Waals surface area contributed by atoms with Gasteiger partial charge in [0.05, 0.1) is 6.61 Å². The van der Waals surface area contributed by atoms with Gasteiger partial charge in [0.25, 0.3) is 0 Å². The van der Waals surface area contributed by atoms with Gasteiger partial charge in [0.1, 0.15) is 11.6 Å². The van der Waals surface area contributed by atoms with Crippen molar-refractivity contribution in [2.45, 2.75) is 13.3 Å². The highest BCUT2D eigenvalue weighted by atomic mass is 19.1. The highest BCUT2D eigenvalue weighted by Crippen LogP contribution is 2.16. The summed E-state index contributed by atoms with van der Waals surface area (Å²) in [6.45, 7) is 1.97. The summed E-state index contributed by atoms with van der Waals surface area (Å²) in [6, 6.07) is 13.7. The minimum Gasteiger partial charge on any atom is -0.493 e. The van der Waals surface area contributed by atoms with Crippen LogP contribution in [0.1, 0.15) is 22.3 Å². The van der Waals surface area contributed by atoms with E-state index in [9.17, 15) is 9.18 Å². The molecule has 2 aromatic rings. The zero-order valence-electron chi connectivity index (χ0n) is 10.7. The van der Waals surface area contributed by atoms with Crippen molar-refractivity contribution >= 4 is 5.78 Å². The Labute approximate surface area is 111 Å². The van der Waals surface area contributed by atoms with Gasteiger partial charge in [0.15, 0.2) is 5.78 Å². The van der Waals surface area contributed by atoms with Crippen LogP contribution in [0.15, 0.2) is 48.5 Å². The summed E-state index contributed by atoms with van der Waals surface area (Å²) >= 11 is 0. The van der Waals surface area contributed by atoms with Gasteiger partial charge in [-0.15, -0.1) is 0 Å². The van der Waals surface area contributed by atoms with Crippen molar-refractivity contribution in [3.05, 3.63) is 65.5 Å². The van der Waals surface area contributed by atoms with Gasteiger partial charge in [-0.2, -0.15) is 0 Å². The maximum atomic E-state index is 13.1. The van der Waals surface area contributed by atoms with Crippen LogP contribution in [-0.2, 0) is 0 Å². The van der Waals surface area contributed by atoms with E-state index in [1.165, 1.54) is 6.07 Å². The number of ketones is 1. The molecule has 2 nitrogen and oxygen atoms in total. The molecule has 0 fully saturated rings. The summed E-state index contributed by atoms with van der Waals surface area (Å²) in [5.41, 5.74) is 1.22. The van der Waals surface area contributed by atoms with Crippen LogP contribution in [0.3, 0.4) is 0 Å². The van der Waals surface area contributed by atoms with E-state index < -0.39 is 0 Å². The van der Waals surface area contributed by atoms with E-state index >= 15 is 0 Å². The number of Topliss-reactive ketones (excluding diaryl/α,β-unsaturated/α-hetero) is 1. The van der Waals surface area contributed by atoms with Gasteiger partial charge in [0, 0.05) is 12.0 Å². The van der Waals surface area contributed by atoms with E-state index in [2.05, 4.69) is 0 Å². The lowest BCUT2D eigenvalue weighted by molar-refractivity contribution is 0.0962. The Morgan fingerprint density at radius 2 is 1.89 bits per heavy atom. The van der Waals surface area contributed by atoms with Gasteiger partial charge in [0.2, 0.25) is 0 Å². The van der Waals surface area contributed by atoms with E-state index in [0.717, 1.165) is 0 Å². The molecule has 0 radical (unpaired) electrons. The third kappa shape index (κ3) is 3.65. The van der Waals surface area contributed by atoms with Crippen LogP contribution < -0.4 is 4.74 Å². The van der Waals surface area contributed by atoms with Crippen LogP contribution in [-0.4, -0.2) is 12.4 Å². The van der Waals surface area contributed by atoms with Gasteiger partial charge in [-0.1, -0.05) is 30.3 Å². The second-order valence-electron chi connectivity index (χ2n) is 4.30. The minimum absolute atomic E-state index is 0.0411. The lowest BCUT2D eigenvalue weighted by Gasteiger charge is -2.07. The third-order valence-electron chi connectivity index (χ3n) is 2.82. The smallest absolute Gasteiger partial charge is 0.166 e. The Morgan fingerprint density at radius 1 is 1.16 bits per heavy atom. The second kappa shape index (κ2) is 6.14. The monoisotopic (exact) mass is 258 g/mol. The fourth-order valence-corrected chi connectivity index (χ4v) is 1.74. The second-order valence-corrected chi connectivity index (χ2v) is 4.30. The van der Waals surface area contributed by atoms with Crippen LogP contribution in [0, 0.1) is 12.7 Å². The standard InChI is InChI=1S/C16H15FO2/c1-12-11-14(7-8-15(12)17)19-10-9-16(18)13-5-3-2-4-6-13/h2-8,11H,9-10H2,1H3. The first kappa shape index (κ1) is 13.3. The summed E-state index contributed by atoms with van der Waals surface area (Å²) in [6.07, 6.45) is 0.306. The van der Waals surface area contributed by atoms with Crippen LogP contribution in [0.4, 0.5) is 4.39 Å². The molecule has 0 saturated carbocycles. The fourth-order valence-electron chi connectivity index (χ4n) is 1.74. The lowest BCUT2D eigenvalue weighted by Crippen LogP contribution is -2.06. The molecule has 0 N–H and O–H groups in total. The highest BCUT2D eigenvalue weighted by molar-refractivity contribution is 5.96. The molecule has 0 aliphatic rings. The minimum atomic E-state index is -0.257. The van der Waals surface area contributed by atoms with Gasteiger partial charge in [-0.05, 0) is 30.7 Å². The average Bonchev–Trinajstić information content (AvgIpc) is 2.43. The number of hydrogen-bond acceptors (Lipinski definition) is 2. The van der Waals surface area contributed by atoms with E-state index in [4.69, 9.17) is 4.74 Å². The molecule has 19 heavy (non-hydrogen) atoms. The summed E-state index contributed by atoms with van der Waals surface area (Å²) in [4.78, 5) is 11.8. The lowest BCUT2D eigenvalue weighted by atomic mass is 10.1. The predicted molar refractivity (Wildman–Crippen MR) is 72.0 cm³/mol. The molecule has 0 saturated heterocycles. The van der Waals surface area contributed by atoms with E-state index in [0.29, 0.717) is 29.9 Å². The first-order valence-corrected chi connectivity index (χ1v) is 6.14. The topological polar surface area (TPSA) is 26.3 Å². The van der Waals surface area contributed by atoms with Gasteiger partial charge >= 0.3 is 0 Å². The molecular weight excluding hydrogens is 243 g/mol. The van der Waals surface area contributed by atoms with Crippen molar-refractivity contribution in [2.24, 2.45) is 0 Å². The average molecular weight is 258 g/mol. The summed E-state index contributed by atoms with van der Waals surface area (Å²) in [5.74, 6) is 0.368. The number of carbonyl (C=O) groups excluding carboxylic acids is 1. The zero-order chi connectivity index (χ0) is 13.7. The highest BCUT2D eigenvalue weighted by Gasteiger charge is 2.05. The number of aryl methyl sites for hydroxylation is 1. The van der Waals surface area contributed by atoms with Crippen LogP contribution in [0.25, 0.3) is 0 Å². The van der Waals surface area contributed by atoms with Crippen molar-refractivity contribution in [1.82, 2.24) is 0 Å². The van der Waals surface area contributed by atoms with Crippen molar-refractivity contribution in [3.63, 3.8) is 0 Å². The maximum absolute atomic E-state index is 13.1. The molecular formula is C16H15FO2. The first-order chi connectivity index (χ1) is 9.16. The zero-order valence-corrected chi connectivity index (χ0v) is 10.7. The number of rotatable bonds is 5. The SMILES string of the molecule is Cc1cc(OCCC(=O)c2ccccc2)ccc1F. The van der Waals surface area contributed by atoms with Gasteiger partial charge < -0.3 is 4.74 Å².